The Morgan fingerprint density at radius 1 is 1.47 bits per heavy atom. The Labute approximate surface area is 122 Å². The van der Waals surface area contributed by atoms with Gasteiger partial charge < -0.3 is 10.2 Å². The molecule has 0 bridgehead atoms. The number of hydrogen-bond donors (Lipinski definition) is 1. The molecule has 1 aromatic rings. The number of halogens is 2. The molecule has 19 heavy (non-hydrogen) atoms. The number of nitrogens with zero attached hydrogens (tertiary/aromatic N) is 1. The Morgan fingerprint density at radius 2 is 2.16 bits per heavy atom. The van der Waals surface area contributed by atoms with E-state index in [1.165, 1.54) is 6.07 Å². The summed E-state index contributed by atoms with van der Waals surface area (Å²) in [7, 11) is 3.48. The zero-order valence-electron chi connectivity index (χ0n) is 11.5. The van der Waals surface area contributed by atoms with Crippen LogP contribution in [0.25, 0.3) is 0 Å². The standard InChI is InChI=1S/C14H20BrFN2O/c1-10(8-14(19)18(2)3)17-7-6-11-9-12(15)4-5-13(11)16/h4-5,9-10,17H,6-8H2,1-3H3/t10-/m1/s1. The lowest BCUT2D eigenvalue weighted by molar-refractivity contribution is -0.129. The minimum absolute atomic E-state index is 0.0881. The van der Waals surface area contributed by atoms with Gasteiger partial charge in [-0.15, -0.1) is 0 Å². The lowest BCUT2D eigenvalue weighted by Crippen LogP contribution is -2.34. The Balaban J connectivity index is 2.37. The summed E-state index contributed by atoms with van der Waals surface area (Å²) in [6.45, 7) is 2.61. The van der Waals surface area contributed by atoms with Crippen molar-refractivity contribution in [3.8, 4) is 0 Å². The van der Waals surface area contributed by atoms with Crippen LogP contribution >= 0.6 is 15.9 Å². The van der Waals surface area contributed by atoms with Crippen LogP contribution in [0, 0.1) is 5.82 Å². The van der Waals surface area contributed by atoms with Crippen molar-refractivity contribution in [1.29, 1.82) is 0 Å². The van der Waals surface area contributed by atoms with Crippen molar-refractivity contribution < 1.29 is 9.18 Å². The molecule has 1 N–H and O–H groups in total. The molecule has 0 aromatic heterocycles. The lowest BCUT2D eigenvalue weighted by Gasteiger charge is -2.16. The highest BCUT2D eigenvalue weighted by atomic mass is 79.9. The fourth-order valence-corrected chi connectivity index (χ4v) is 2.11. The molecule has 3 nitrogen and oxygen atoms in total. The Morgan fingerprint density at radius 3 is 2.79 bits per heavy atom. The van der Waals surface area contributed by atoms with Crippen LogP contribution in [0.15, 0.2) is 22.7 Å². The molecule has 0 aliphatic heterocycles. The minimum atomic E-state index is -0.193. The first kappa shape index (κ1) is 16.1. The highest BCUT2D eigenvalue weighted by Gasteiger charge is 2.10. The number of amides is 1. The first-order valence-corrected chi connectivity index (χ1v) is 7.07. The van der Waals surface area contributed by atoms with Gasteiger partial charge in [0.05, 0.1) is 0 Å². The van der Waals surface area contributed by atoms with Gasteiger partial charge in [0.2, 0.25) is 5.91 Å². The molecular weight excluding hydrogens is 311 g/mol. The molecule has 0 radical (unpaired) electrons. The zero-order chi connectivity index (χ0) is 14.4. The lowest BCUT2D eigenvalue weighted by atomic mass is 10.1. The van der Waals surface area contributed by atoms with E-state index in [2.05, 4.69) is 21.2 Å². The second-order valence-corrected chi connectivity index (χ2v) is 5.75. The highest BCUT2D eigenvalue weighted by Crippen LogP contribution is 2.15. The average molecular weight is 331 g/mol. The first-order chi connectivity index (χ1) is 8.90. The first-order valence-electron chi connectivity index (χ1n) is 6.27. The van der Waals surface area contributed by atoms with Gasteiger partial charge in [0.1, 0.15) is 5.82 Å². The number of hydrogen-bond acceptors (Lipinski definition) is 2. The zero-order valence-corrected chi connectivity index (χ0v) is 13.1. The molecule has 106 valence electrons. The van der Waals surface area contributed by atoms with E-state index in [0.29, 0.717) is 24.9 Å². The summed E-state index contributed by atoms with van der Waals surface area (Å²) in [5.41, 5.74) is 0.674. The predicted octanol–water partition coefficient (Wildman–Crippen LogP) is 2.59. The maximum Gasteiger partial charge on any atom is 0.223 e. The van der Waals surface area contributed by atoms with Gasteiger partial charge >= 0.3 is 0 Å². The van der Waals surface area contributed by atoms with Gasteiger partial charge in [-0.25, -0.2) is 4.39 Å². The molecule has 0 unspecified atom stereocenters. The highest BCUT2D eigenvalue weighted by molar-refractivity contribution is 9.10. The van der Waals surface area contributed by atoms with Gasteiger partial charge in [0.25, 0.3) is 0 Å². The van der Waals surface area contributed by atoms with Crippen LogP contribution in [0.2, 0.25) is 0 Å². The van der Waals surface area contributed by atoms with Gasteiger partial charge in [-0.3, -0.25) is 4.79 Å². The molecule has 0 saturated heterocycles. The van der Waals surface area contributed by atoms with E-state index in [4.69, 9.17) is 0 Å². The fraction of sp³-hybridized carbons (Fsp3) is 0.500. The third-order valence-corrected chi connectivity index (χ3v) is 3.37. The van der Waals surface area contributed by atoms with E-state index in [-0.39, 0.29) is 17.8 Å². The van der Waals surface area contributed by atoms with Gasteiger partial charge in [-0.1, -0.05) is 15.9 Å². The molecule has 0 aliphatic rings. The SMILES string of the molecule is C[C@H](CC(=O)N(C)C)NCCc1cc(Br)ccc1F. The summed E-state index contributed by atoms with van der Waals surface area (Å²) in [4.78, 5) is 13.1. The fourth-order valence-electron chi connectivity index (χ4n) is 1.70. The van der Waals surface area contributed by atoms with Crippen LogP contribution in [0.1, 0.15) is 18.9 Å². The van der Waals surface area contributed by atoms with Crippen LogP contribution in [-0.2, 0) is 11.2 Å². The third-order valence-electron chi connectivity index (χ3n) is 2.87. The second kappa shape index (κ2) is 7.60. The summed E-state index contributed by atoms with van der Waals surface area (Å²) in [5, 5.41) is 3.23. The molecule has 0 aliphatic carbocycles. The minimum Gasteiger partial charge on any atom is -0.349 e. The van der Waals surface area contributed by atoms with Crippen molar-refractivity contribution in [1.82, 2.24) is 10.2 Å². The van der Waals surface area contributed by atoms with E-state index < -0.39 is 0 Å². The summed E-state index contributed by atoms with van der Waals surface area (Å²) in [5.74, 6) is -0.101. The van der Waals surface area contributed by atoms with Crippen LogP contribution < -0.4 is 5.32 Å². The molecule has 1 amide bonds. The molecule has 0 heterocycles. The maximum absolute atomic E-state index is 13.5. The quantitative estimate of drug-likeness (QED) is 0.869. The Kier molecular flexibility index (Phi) is 6.45. The average Bonchev–Trinajstić information content (AvgIpc) is 2.33. The van der Waals surface area contributed by atoms with Gasteiger partial charge in [-0.2, -0.15) is 0 Å². The monoisotopic (exact) mass is 330 g/mol. The summed E-state index contributed by atoms with van der Waals surface area (Å²) in [6.07, 6.45) is 1.06. The summed E-state index contributed by atoms with van der Waals surface area (Å²) in [6, 6.07) is 5.01. The molecule has 1 atom stereocenters. The van der Waals surface area contributed by atoms with E-state index >= 15 is 0 Å². The van der Waals surface area contributed by atoms with E-state index in [9.17, 15) is 9.18 Å². The Hall–Kier alpha value is -0.940. The number of carbonyl (C=O) groups excluding carboxylic acids is 1. The molecule has 1 aromatic carbocycles. The summed E-state index contributed by atoms with van der Waals surface area (Å²) < 4.78 is 14.4. The van der Waals surface area contributed by atoms with Crippen molar-refractivity contribution in [2.24, 2.45) is 0 Å². The van der Waals surface area contributed by atoms with Crippen LogP contribution in [0.3, 0.4) is 0 Å². The van der Waals surface area contributed by atoms with Gasteiger partial charge in [0.15, 0.2) is 0 Å². The van der Waals surface area contributed by atoms with Crippen molar-refractivity contribution in [2.75, 3.05) is 20.6 Å². The van der Waals surface area contributed by atoms with E-state index in [1.807, 2.05) is 6.92 Å². The van der Waals surface area contributed by atoms with Crippen LogP contribution in [0.5, 0.6) is 0 Å². The van der Waals surface area contributed by atoms with E-state index in [0.717, 1.165) is 4.47 Å². The van der Waals surface area contributed by atoms with Crippen LogP contribution in [0.4, 0.5) is 4.39 Å². The number of carbonyl (C=O) groups is 1. The summed E-state index contributed by atoms with van der Waals surface area (Å²) >= 11 is 3.33. The largest absolute Gasteiger partial charge is 0.349 e. The molecule has 5 heteroatoms. The van der Waals surface area contributed by atoms with Crippen molar-refractivity contribution in [3.05, 3.63) is 34.1 Å². The molecule has 0 fully saturated rings. The number of benzene rings is 1. The smallest absolute Gasteiger partial charge is 0.223 e. The molecular formula is C14H20BrFN2O. The number of rotatable bonds is 6. The molecule has 0 spiro atoms. The van der Waals surface area contributed by atoms with Crippen molar-refractivity contribution in [3.63, 3.8) is 0 Å². The normalized spacial score (nSPS) is 12.3. The van der Waals surface area contributed by atoms with E-state index in [1.54, 1.807) is 31.1 Å². The molecule has 0 saturated carbocycles. The predicted molar refractivity (Wildman–Crippen MR) is 78.6 cm³/mol. The Bertz CT molecular complexity index is 437. The topological polar surface area (TPSA) is 32.3 Å². The van der Waals surface area contributed by atoms with Gasteiger partial charge in [0, 0.05) is 31.0 Å². The maximum atomic E-state index is 13.5. The third kappa shape index (κ3) is 5.70. The second-order valence-electron chi connectivity index (χ2n) is 4.83. The molecule has 1 rings (SSSR count). The van der Waals surface area contributed by atoms with Crippen molar-refractivity contribution in [2.45, 2.75) is 25.8 Å². The van der Waals surface area contributed by atoms with Crippen LogP contribution in [-0.4, -0.2) is 37.5 Å². The number of nitrogens with one attached hydrogen (secondary N) is 1. The van der Waals surface area contributed by atoms with Crippen molar-refractivity contribution >= 4 is 21.8 Å². The van der Waals surface area contributed by atoms with Gasteiger partial charge in [-0.05, 0) is 43.7 Å².